The number of nitrogens with one attached hydrogen (secondary N) is 1. The van der Waals surface area contributed by atoms with E-state index in [1.165, 1.54) is 19.8 Å². The minimum absolute atomic E-state index is 0.383. The molecule has 106 valence electrons. The third kappa shape index (κ3) is 3.08. The number of fused-ring (bicyclic) bond motifs is 1. The summed E-state index contributed by atoms with van der Waals surface area (Å²) in [5, 5.41) is 3.68. The average Bonchev–Trinajstić information content (AvgIpc) is 2.73. The maximum absolute atomic E-state index is 5.92. The monoisotopic (exact) mass is 351 g/mol. The van der Waals surface area contributed by atoms with Gasteiger partial charge in [-0.1, -0.05) is 18.2 Å². The van der Waals surface area contributed by atoms with Crippen LogP contribution in [0.5, 0.6) is 5.75 Å². The molecule has 3 rings (SSSR count). The van der Waals surface area contributed by atoms with Crippen LogP contribution in [0.25, 0.3) is 0 Å². The average molecular weight is 352 g/mol. The second-order valence-electron chi connectivity index (χ2n) is 5.12. The SMILES string of the molecule is Cc1cccc2c1OCCCC2NCc1ccc(Br)s1. The molecular weight excluding hydrogens is 334 g/mol. The summed E-state index contributed by atoms with van der Waals surface area (Å²) in [5.74, 6) is 1.08. The van der Waals surface area contributed by atoms with Gasteiger partial charge in [-0.2, -0.15) is 0 Å². The van der Waals surface area contributed by atoms with E-state index >= 15 is 0 Å². The number of thiophene rings is 1. The third-order valence-corrected chi connectivity index (χ3v) is 5.28. The molecule has 1 atom stereocenters. The number of halogens is 1. The van der Waals surface area contributed by atoms with Crippen molar-refractivity contribution in [2.24, 2.45) is 0 Å². The Morgan fingerprint density at radius 3 is 3.05 bits per heavy atom. The number of ether oxygens (including phenoxy) is 1. The van der Waals surface area contributed by atoms with Crippen molar-refractivity contribution in [1.29, 1.82) is 0 Å². The maximum Gasteiger partial charge on any atom is 0.126 e. The molecule has 0 spiro atoms. The Labute approximate surface area is 132 Å². The normalized spacial score (nSPS) is 18.2. The Balaban J connectivity index is 1.78. The second kappa shape index (κ2) is 6.29. The zero-order valence-electron chi connectivity index (χ0n) is 11.5. The molecule has 20 heavy (non-hydrogen) atoms. The van der Waals surface area contributed by atoms with Gasteiger partial charge >= 0.3 is 0 Å². The van der Waals surface area contributed by atoms with Gasteiger partial charge in [0, 0.05) is 23.0 Å². The molecular formula is C16H18BrNOS. The highest BCUT2D eigenvalue weighted by atomic mass is 79.9. The lowest BCUT2D eigenvalue weighted by Crippen LogP contribution is -2.20. The zero-order valence-corrected chi connectivity index (χ0v) is 13.9. The fourth-order valence-electron chi connectivity index (χ4n) is 2.65. The van der Waals surface area contributed by atoms with E-state index in [4.69, 9.17) is 4.74 Å². The van der Waals surface area contributed by atoms with E-state index in [1.807, 2.05) is 0 Å². The summed E-state index contributed by atoms with van der Waals surface area (Å²) < 4.78 is 7.11. The molecule has 4 heteroatoms. The number of para-hydroxylation sites is 1. The highest BCUT2D eigenvalue weighted by Gasteiger charge is 2.20. The van der Waals surface area contributed by atoms with Crippen molar-refractivity contribution in [2.45, 2.75) is 32.4 Å². The maximum atomic E-state index is 5.92. The summed E-state index contributed by atoms with van der Waals surface area (Å²) >= 11 is 5.31. The zero-order chi connectivity index (χ0) is 13.9. The predicted molar refractivity (Wildman–Crippen MR) is 87.5 cm³/mol. The second-order valence-corrected chi connectivity index (χ2v) is 7.67. The molecule has 1 N–H and O–H groups in total. The summed E-state index contributed by atoms with van der Waals surface area (Å²) in [7, 11) is 0. The molecule has 1 aliphatic heterocycles. The van der Waals surface area contributed by atoms with Crippen LogP contribution >= 0.6 is 27.3 Å². The van der Waals surface area contributed by atoms with Crippen molar-refractivity contribution >= 4 is 27.3 Å². The van der Waals surface area contributed by atoms with Crippen LogP contribution in [0.2, 0.25) is 0 Å². The predicted octanol–water partition coefficient (Wildman–Crippen LogP) is 4.82. The van der Waals surface area contributed by atoms with Crippen LogP contribution in [0.4, 0.5) is 0 Å². The molecule has 0 bridgehead atoms. The molecule has 0 radical (unpaired) electrons. The first-order valence-corrected chi connectivity index (χ1v) is 8.55. The number of hydrogen-bond donors (Lipinski definition) is 1. The van der Waals surface area contributed by atoms with Gasteiger partial charge in [0.15, 0.2) is 0 Å². The number of hydrogen-bond acceptors (Lipinski definition) is 3. The topological polar surface area (TPSA) is 21.3 Å². The van der Waals surface area contributed by atoms with Crippen LogP contribution in [-0.2, 0) is 6.54 Å². The van der Waals surface area contributed by atoms with E-state index in [2.05, 4.69) is 58.5 Å². The lowest BCUT2D eigenvalue weighted by atomic mass is 10.00. The van der Waals surface area contributed by atoms with Crippen molar-refractivity contribution in [1.82, 2.24) is 5.32 Å². The van der Waals surface area contributed by atoms with E-state index in [0.29, 0.717) is 6.04 Å². The molecule has 0 saturated carbocycles. The van der Waals surface area contributed by atoms with Gasteiger partial charge in [-0.3, -0.25) is 0 Å². The quantitative estimate of drug-likeness (QED) is 0.855. The van der Waals surface area contributed by atoms with Crippen molar-refractivity contribution in [3.63, 3.8) is 0 Å². The number of benzene rings is 1. The van der Waals surface area contributed by atoms with E-state index in [9.17, 15) is 0 Å². The molecule has 2 heterocycles. The first-order chi connectivity index (χ1) is 9.74. The summed E-state index contributed by atoms with van der Waals surface area (Å²) in [6.45, 7) is 3.85. The van der Waals surface area contributed by atoms with Crippen molar-refractivity contribution in [3.8, 4) is 5.75 Å². The van der Waals surface area contributed by atoms with Gasteiger partial charge in [-0.05, 0) is 53.4 Å². The summed E-state index contributed by atoms with van der Waals surface area (Å²) in [6, 6.07) is 11.1. The molecule has 0 saturated heterocycles. The van der Waals surface area contributed by atoms with Crippen LogP contribution in [0.15, 0.2) is 34.1 Å². The first kappa shape index (κ1) is 14.1. The van der Waals surface area contributed by atoms with Gasteiger partial charge in [0.05, 0.1) is 10.4 Å². The molecule has 0 aliphatic carbocycles. The van der Waals surface area contributed by atoms with Crippen LogP contribution in [0.1, 0.15) is 34.9 Å². The Morgan fingerprint density at radius 2 is 2.25 bits per heavy atom. The van der Waals surface area contributed by atoms with Crippen LogP contribution < -0.4 is 10.1 Å². The minimum atomic E-state index is 0.383. The van der Waals surface area contributed by atoms with E-state index in [0.717, 1.165) is 31.7 Å². The standard InChI is InChI=1S/C16H18BrNOS/c1-11-4-2-5-13-14(6-3-9-19-16(11)13)18-10-12-7-8-15(17)20-12/h2,4-5,7-8,14,18H,3,6,9-10H2,1H3. The summed E-state index contributed by atoms with van der Waals surface area (Å²) in [4.78, 5) is 1.36. The first-order valence-electron chi connectivity index (χ1n) is 6.94. The smallest absolute Gasteiger partial charge is 0.126 e. The number of aryl methyl sites for hydroxylation is 1. The van der Waals surface area contributed by atoms with E-state index < -0.39 is 0 Å². The van der Waals surface area contributed by atoms with Gasteiger partial charge in [0.1, 0.15) is 5.75 Å². The summed E-state index contributed by atoms with van der Waals surface area (Å²) in [5.41, 5.74) is 2.54. The van der Waals surface area contributed by atoms with E-state index in [1.54, 1.807) is 11.3 Å². The van der Waals surface area contributed by atoms with Gasteiger partial charge < -0.3 is 10.1 Å². The van der Waals surface area contributed by atoms with Gasteiger partial charge in [-0.15, -0.1) is 11.3 Å². The summed E-state index contributed by atoms with van der Waals surface area (Å²) in [6.07, 6.45) is 2.23. The molecule has 0 fully saturated rings. The molecule has 1 unspecified atom stereocenters. The van der Waals surface area contributed by atoms with Gasteiger partial charge in [0.25, 0.3) is 0 Å². The number of rotatable bonds is 3. The van der Waals surface area contributed by atoms with Crippen molar-refractivity contribution < 1.29 is 4.74 Å². The fraction of sp³-hybridized carbons (Fsp3) is 0.375. The Kier molecular flexibility index (Phi) is 4.44. The minimum Gasteiger partial charge on any atom is -0.493 e. The Bertz CT molecular complexity index is 596. The lowest BCUT2D eigenvalue weighted by Gasteiger charge is -2.19. The van der Waals surface area contributed by atoms with E-state index in [-0.39, 0.29) is 0 Å². The lowest BCUT2D eigenvalue weighted by molar-refractivity contribution is 0.313. The fourth-order valence-corrected chi connectivity index (χ4v) is 4.08. The Morgan fingerprint density at radius 1 is 1.35 bits per heavy atom. The van der Waals surface area contributed by atoms with Gasteiger partial charge in [-0.25, -0.2) is 0 Å². The molecule has 2 aromatic rings. The van der Waals surface area contributed by atoms with Crippen molar-refractivity contribution in [3.05, 3.63) is 50.1 Å². The molecule has 1 aromatic carbocycles. The van der Waals surface area contributed by atoms with Crippen LogP contribution in [0.3, 0.4) is 0 Å². The van der Waals surface area contributed by atoms with Crippen molar-refractivity contribution in [2.75, 3.05) is 6.61 Å². The third-order valence-electron chi connectivity index (χ3n) is 3.65. The van der Waals surface area contributed by atoms with Crippen LogP contribution in [-0.4, -0.2) is 6.61 Å². The largest absolute Gasteiger partial charge is 0.493 e. The molecule has 2 nitrogen and oxygen atoms in total. The Hall–Kier alpha value is -0.840. The highest BCUT2D eigenvalue weighted by Crippen LogP contribution is 2.34. The molecule has 1 aliphatic rings. The highest BCUT2D eigenvalue weighted by molar-refractivity contribution is 9.11. The van der Waals surface area contributed by atoms with Gasteiger partial charge in [0.2, 0.25) is 0 Å². The van der Waals surface area contributed by atoms with Crippen LogP contribution in [0, 0.1) is 6.92 Å². The molecule has 0 amide bonds. The molecule has 1 aromatic heterocycles.